The summed E-state index contributed by atoms with van der Waals surface area (Å²) in [5.74, 6) is 1.42. The third-order valence-electron chi connectivity index (χ3n) is 6.02. The van der Waals surface area contributed by atoms with Crippen LogP contribution in [0.3, 0.4) is 0 Å². The van der Waals surface area contributed by atoms with Crippen LogP contribution in [0.5, 0.6) is 0 Å². The topological polar surface area (TPSA) is 39.7 Å². The van der Waals surface area contributed by atoms with Crippen molar-refractivity contribution in [1.82, 2.24) is 15.5 Å². The van der Waals surface area contributed by atoms with Crippen molar-refractivity contribution in [3.63, 3.8) is 0 Å². The Bertz CT molecular complexity index is 639. The summed E-state index contributed by atoms with van der Waals surface area (Å²) in [7, 11) is 0. The van der Waals surface area contributed by atoms with Crippen molar-refractivity contribution < 1.29 is 4.39 Å². The van der Waals surface area contributed by atoms with Crippen molar-refractivity contribution in [2.75, 3.05) is 32.7 Å². The zero-order valence-corrected chi connectivity index (χ0v) is 17.1. The Hall–Kier alpha value is -1.62. The highest BCUT2D eigenvalue weighted by Gasteiger charge is 2.45. The van der Waals surface area contributed by atoms with Crippen LogP contribution in [-0.4, -0.2) is 49.6 Å². The highest BCUT2D eigenvalue weighted by molar-refractivity contribution is 5.79. The van der Waals surface area contributed by atoms with Crippen LogP contribution in [-0.2, 0) is 5.41 Å². The molecule has 0 spiro atoms. The van der Waals surface area contributed by atoms with E-state index >= 15 is 0 Å². The van der Waals surface area contributed by atoms with E-state index in [2.05, 4.69) is 36.3 Å². The van der Waals surface area contributed by atoms with Crippen LogP contribution in [0, 0.1) is 11.7 Å². The molecule has 3 rings (SSSR count). The lowest BCUT2D eigenvalue weighted by atomic mass is 9.95. The second-order valence-corrected chi connectivity index (χ2v) is 8.43. The molecule has 2 N–H and O–H groups in total. The van der Waals surface area contributed by atoms with Gasteiger partial charge in [0.2, 0.25) is 0 Å². The predicted octanol–water partition coefficient (Wildman–Crippen LogP) is 3.53. The van der Waals surface area contributed by atoms with E-state index in [0.29, 0.717) is 18.5 Å². The molecule has 1 heterocycles. The second kappa shape index (κ2) is 9.05. The van der Waals surface area contributed by atoms with E-state index in [0.717, 1.165) is 44.0 Å². The van der Waals surface area contributed by atoms with Gasteiger partial charge in [-0.15, -0.1) is 0 Å². The number of rotatable bonds is 7. The van der Waals surface area contributed by atoms with E-state index in [4.69, 9.17) is 4.99 Å². The van der Waals surface area contributed by atoms with Crippen LogP contribution in [0.25, 0.3) is 0 Å². The molecule has 1 atom stereocenters. The fraction of sp³-hybridized carbons (Fsp3) is 0.682. The van der Waals surface area contributed by atoms with Crippen molar-refractivity contribution in [3.8, 4) is 0 Å². The summed E-state index contributed by atoms with van der Waals surface area (Å²) in [6.45, 7) is 11.4. The monoisotopic (exact) mass is 374 g/mol. The Labute approximate surface area is 163 Å². The lowest BCUT2D eigenvalue weighted by molar-refractivity contribution is 0.141. The molecule has 0 radical (unpaired) electrons. The van der Waals surface area contributed by atoms with E-state index in [9.17, 15) is 4.39 Å². The van der Waals surface area contributed by atoms with Gasteiger partial charge in [0.15, 0.2) is 5.96 Å². The number of nitrogens with one attached hydrogen (secondary N) is 2. The standard InChI is InChI=1S/C22H35FN4/c1-4-24-21(25-14-18-8-7-13-27(15-18)17(2)3)26-16-22(11-12-22)19-9-5-6-10-20(19)23/h5-6,9-10,17-18H,4,7-8,11-16H2,1-3H3,(H2,24,25,26). The zero-order chi connectivity index (χ0) is 19.3. The van der Waals surface area contributed by atoms with Gasteiger partial charge < -0.3 is 15.5 Å². The maximum atomic E-state index is 14.2. The van der Waals surface area contributed by atoms with Gasteiger partial charge in [0.25, 0.3) is 0 Å². The summed E-state index contributed by atoms with van der Waals surface area (Å²) in [6.07, 6.45) is 4.58. The van der Waals surface area contributed by atoms with E-state index in [1.54, 1.807) is 12.1 Å². The summed E-state index contributed by atoms with van der Waals surface area (Å²) in [6, 6.07) is 7.78. The van der Waals surface area contributed by atoms with Gasteiger partial charge in [-0.25, -0.2) is 4.39 Å². The molecule has 2 fully saturated rings. The van der Waals surface area contributed by atoms with Crippen LogP contribution in [0.4, 0.5) is 4.39 Å². The SMILES string of the molecule is CCNC(=NCC1(c2ccccc2F)CC1)NCC1CCCN(C(C)C)C1. The largest absolute Gasteiger partial charge is 0.357 e. The molecule has 27 heavy (non-hydrogen) atoms. The number of aliphatic imine (C=N–C) groups is 1. The van der Waals surface area contributed by atoms with Crippen molar-refractivity contribution in [3.05, 3.63) is 35.6 Å². The molecule has 1 saturated heterocycles. The number of halogens is 1. The van der Waals surface area contributed by atoms with Gasteiger partial charge in [0.05, 0.1) is 6.54 Å². The Morgan fingerprint density at radius 1 is 1.30 bits per heavy atom. The number of guanidine groups is 1. The van der Waals surface area contributed by atoms with Gasteiger partial charge in [-0.2, -0.15) is 0 Å². The van der Waals surface area contributed by atoms with Crippen molar-refractivity contribution in [2.24, 2.45) is 10.9 Å². The maximum Gasteiger partial charge on any atom is 0.191 e. The van der Waals surface area contributed by atoms with Crippen LogP contribution in [0.1, 0.15) is 52.0 Å². The number of piperidine rings is 1. The van der Waals surface area contributed by atoms with E-state index < -0.39 is 0 Å². The van der Waals surface area contributed by atoms with Crippen molar-refractivity contribution in [1.29, 1.82) is 0 Å². The molecule has 2 aliphatic rings. The maximum absolute atomic E-state index is 14.2. The molecule has 1 aliphatic heterocycles. The molecular weight excluding hydrogens is 339 g/mol. The molecule has 1 aromatic rings. The minimum Gasteiger partial charge on any atom is -0.357 e. The quantitative estimate of drug-likeness (QED) is 0.566. The number of benzene rings is 1. The summed E-state index contributed by atoms with van der Waals surface area (Å²) < 4.78 is 14.2. The average molecular weight is 375 g/mol. The molecule has 0 amide bonds. The highest BCUT2D eigenvalue weighted by atomic mass is 19.1. The smallest absolute Gasteiger partial charge is 0.191 e. The third-order valence-corrected chi connectivity index (χ3v) is 6.02. The van der Waals surface area contributed by atoms with Crippen LogP contribution in [0.15, 0.2) is 29.3 Å². The van der Waals surface area contributed by atoms with Crippen LogP contribution in [0.2, 0.25) is 0 Å². The molecule has 150 valence electrons. The predicted molar refractivity (Wildman–Crippen MR) is 111 cm³/mol. The van der Waals surface area contributed by atoms with Gasteiger partial charge >= 0.3 is 0 Å². The van der Waals surface area contributed by atoms with Crippen LogP contribution < -0.4 is 10.6 Å². The Kier molecular flexibility index (Phi) is 6.74. The fourth-order valence-electron chi connectivity index (χ4n) is 4.10. The first kappa shape index (κ1) is 20.1. The van der Waals surface area contributed by atoms with Gasteiger partial charge in [0, 0.05) is 31.1 Å². The van der Waals surface area contributed by atoms with E-state index in [1.807, 2.05) is 12.1 Å². The summed E-state index contributed by atoms with van der Waals surface area (Å²) >= 11 is 0. The van der Waals surface area contributed by atoms with Crippen molar-refractivity contribution >= 4 is 5.96 Å². The first-order valence-corrected chi connectivity index (χ1v) is 10.6. The molecule has 1 aliphatic carbocycles. The molecule has 1 aromatic carbocycles. The first-order chi connectivity index (χ1) is 13.0. The number of hydrogen-bond donors (Lipinski definition) is 2. The Morgan fingerprint density at radius 3 is 2.74 bits per heavy atom. The number of nitrogens with zero attached hydrogens (tertiary/aromatic N) is 2. The first-order valence-electron chi connectivity index (χ1n) is 10.6. The zero-order valence-electron chi connectivity index (χ0n) is 17.1. The number of hydrogen-bond acceptors (Lipinski definition) is 2. The van der Waals surface area contributed by atoms with Crippen LogP contribution >= 0.6 is 0 Å². The summed E-state index contributed by atoms with van der Waals surface area (Å²) in [4.78, 5) is 7.38. The van der Waals surface area contributed by atoms with Gasteiger partial charge in [-0.1, -0.05) is 18.2 Å². The highest BCUT2D eigenvalue weighted by Crippen LogP contribution is 2.49. The molecule has 4 nitrogen and oxygen atoms in total. The second-order valence-electron chi connectivity index (χ2n) is 8.43. The number of likely N-dealkylation sites (tertiary alicyclic amines) is 1. The Balaban J connectivity index is 1.58. The Morgan fingerprint density at radius 2 is 2.07 bits per heavy atom. The minimum atomic E-state index is -0.104. The molecule has 1 unspecified atom stereocenters. The normalized spacial score (nSPS) is 22.7. The average Bonchev–Trinajstić information content (AvgIpc) is 3.45. The lowest BCUT2D eigenvalue weighted by Crippen LogP contribution is -2.46. The molecular formula is C22H35FN4. The molecule has 0 bridgehead atoms. The lowest BCUT2D eigenvalue weighted by Gasteiger charge is -2.35. The van der Waals surface area contributed by atoms with Gasteiger partial charge in [-0.3, -0.25) is 4.99 Å². The summed E-state index contributed by atoms with van der Waals surface area (Å²) in [5.41, 5.74) is 0.719. The molecule has 1 saturated carbocycles. The summed E-state index contributed by atoms with van der Waals surface area (Å²) in [5, 5.41) is 6.89. The van der Waals surface area contributed by atoms with Crippen molar-refractivity contribution in [2.45, 2.75) is 57.9 Å². The molecule has 0 aromatic heterocycles. The van der Waals surface area contributed by atoms with E-state index in [1.165, 1.54) is 19.4 Å². The molecule has 5 heteroatoms. The van der Waals surface area contributed by atoms with Gasteiger partial charge in [0.1, 0.15) is 5.82 Å². The third kappa shape index (κ3) is 5.22. The fourth-order valence-corrected chi connectivity index (χ4v) is 4.10. The van der Waals surface area contributed by atoms with E-state index in [-0.39, 0.29) is 11.2 Å². The van der Waals surface area contributed by atoms with Gasteiger partial charge in [-0.05, 0) is 70.5 Å². The minimum absolute atomic E-state index is 0.0980.